The summed E-state index contributed by atoms with van der Waals surface area (Å²) in [5.74, 6) is 5.09. The number of fused-ring (bicyclic) bond motifs is 1. The van der Waals surface area contributed by atoms with E-state index in [4.69, 9.17) is 15.2 Å². The molecule has 270 valence electrons. The summed E-state index contributed by atoms with van der Waals surface area (Å²) in [4.78, 5) is 13.9. The number of methoxy groups -OCH3 is 1. The second kappa shape index (κ2) is 14.7. The summed E-state index contributed by atoms with van der Waals surface area (Å²) in [7, 11) is -2.81. The van der Waals surface area contributed by atoms with E-state index in [-0.39, 0.29) is 28.9 Å². The Morgan fingerprint density at radius 3 is 2.50 bits per heavy atom. The number of hydrogen-bond donors (Lipinski definition) is 4. The number of carbonyl (C=O) groups is 1. The van der Waals surface area contributed by atoms with Gasteiger partial charge in [-0.15, -0.1) is 0 Å². The molecule has 0 bridgehead atoms. The summed E-state index contributed by atoms with van der Waals surface area (Å²) in [6.07, 6.45) is 2.01. The highest BCUT2D eigenvalue weighted by molar-refractivity contribution is 7.90. The molecule has 3 aromatic rings. The predicted octanol–water partition coefficient (Wildman–Crippen LogP) is 4.27. The third-order valence-electron chi connectivity index (χ3n) is 9.99. The van der Waals surface area contributed by atoms with Crippen LogP contribution in [0.15, 0.2) is 47.4 Å². The highest BCUT2D eigenvalue weighted by atomic mass is 32.2. The summed E-state index contributed by atoms with van der Waals surface area (Å²) in [5, 5.41) is 7.33. The first-order chi connectivity index (χ1) is 23.9. The highest BCUT2D eigenvalue weighted by Crippen LogP contribution is 2.43. The minimum absolute atomic E-state index is 0.0279. The molecule has 0 radical (unpaired) electrons. The molecular weight excluding hydrogens is 673 g/mol. The Morgan fingerprint density at radius 2 is 1.82 bits per heavy atom. The van der Waals surface area contributed by atoms with Crippen molar-refractivity contribution in [1.82, 2.24) is 14.2 Å². The maximum atomic E-state index is 13.8. The van der Waals surface area contributed by atoms with E-state index in [0.29, 0.717) is 28.0 Å². The first-order valence-electron chi connectivity index (χ1n) is 16.8. The van der Waals surface area contributed by atoms with Crippen molar-refractivity contribution in [3.05, 3.63) is 48.2 Å². The number of carbonyl (C=O) groups excluding carboxylic acids is 1. The maximum Gasteiger partial charge on any atom is 0.406 e. The second-order valence-corrected chi connectivity index (χ2v) is 15.1. The summed E-state index contributed by atoms with van der Waals surface area (Å²) < 4.78 is 80.1. The fourth-order valence-electron chi connectivity index (χ4n) is 7.37. The molecule has 2 aliphatic heterocycles. The number of benzene rings is 2. The third kappa shape index (κ3) is 8.15. The van der Waals surface area contributed by atoms with Crippen LogP contribution in [0.5, 0.6) is 5.75 Å². The number of halogens is 3. The molecule has 3 fully saturated rings. The Bertz CT molecular complexity index is 1860. The number of rotatable bonds is 10. The van der Waals surface area contributed by atoms with Gasteiger partial charge in [0.1, 0.15) is 12.3 Å². The SMILES string of the molecule is COc1cc(S(=O)(=O)NC(=O)CN)ccc1NCC#Cc1cc2c(N[C@H]3CC[C@@H](N4CC5(CCOCC5)C4)CC3)cccc2n1CC(F)(F)F. The average Bonchev–Trinajstić information content (AvgIpc) is 3.42. The number of sulfonamides is 1. The lowest BCUT2D eigenvalue weighted by Crippen LogP contribution is -2.62. The van der Waals surface area contributed by atoms with Gasteiger partial charge in [-0.2, -0.15) is 13.2 Å². The molecule has 15 heteroatoms. The van der Waals surface area contributed by atoms with E-state index in [1.807, 2.05) is 10.8 Å². The summed E-state index contributed by atoms with van der Waals surface area (Å²) in [6, 6.07) is 11.8. The van der Waals surface area contributed by atoms with Gasteiger partial charge in [-0.25, -0.2) is 13.1 Å². The van der Waals surface area contributed by atoms with Crippen molar-refractivity contribution >= 4 is 38.2 Å². The number of anilines is 2. The molecule has 0 atom stereocenters. The van der Waals surface area contributed by atoms with Crippen LogP contribution >= 0.6 is 0 Å². The van der Waals surface area contributed by atoms with Crippen molar-refractivity contribution in [2.45, 2.75) is 68.2 Å². The number of hydrogen-bond acceptors (Lipinski definition) is 9. The number of nitrogens with zero attached hydrogens (tertiary/aromatic N) is 2. The Labute approximate surface area is 290 Å². The van der Waals surface area contributed by atoms with Gasteiger partial charge in [-0.05, 0) is 74.8 Å². The number of ether oxygens (including phenoxy) is 2. The van der Waals surface area contributed by atoms with Gasteiger partial charge in [0, 0.05) is 60.9 Å². The largest absolute Gasteiger partial charge is 0.495 e. The van der Waals surface area contributed by atoms with E-state index in [2.05, 4.69) is 27.4 Å². The van der Waals surface area contributed by atoms with Crippen LogP contribution < -0.4 is 25.8 Å². The Morgan fingerprint density at radius 1 is 1.08 bits per heavy atom. The van der Waals surface area contributed by atoms with Crippen molar-refractivity contribution in [1.29, 1.82) is 0 Å². The summed E-state index contributed by atoms with van der Waals surface area (Å²) in [5.41, 5.74) is 7.51. The fourth-order valence-corrected chi connectivity index (χ4v) is 8.38. The molecule has 6 rings (SSSR count). The van der Waals surface area contributed by atoms with Crippen molar-refractivity contribution in [3.63, 3.8) is 0 Å². The van der Waals surface area contributed by atoms with Crippen LogP contribution in [0.3, 0.4) is 0 Å². The van der Waals surface area contributed by atoms with Crippen LogP contribution in [0, 0.1) is 17.3 Å². The maximum absolute atomic E-state index is 13.8. The number of aromatic nitrogens is 1. The highest BCUT2D eigenvalue weighted by Gasteiger charge is 2.46. The molecule has 11 nitrogen and oxygen atoms in total. The predicted molar refractivity (Wildman–Crippen MR) is 184 cm³/mol. The molecule has 1 spiro atoms. The Kier molecular flexibility index (Phi) is 10.5. The van der Waals surface area contributed by atoms with Gasteiger partial charge in [0.15, 0.2) is 0 Å². The van der Waals surface area contributed by atoms with Gasteiger partial charge in [0.25, 0.3) is 10.0 Å². The number of likely N-dealkylation sites (tertiary alicyclic amines) is 1. The average molecular weight is 717 g/mol. The van der Waals surface area contributed by atoms with Gasteiger partial charge < -0.3 is 30.4 Å². The minimum atomic E-state index is -4.46. The van der Waals surface area contributed by atoms with Crippen molar-refractivity contribution in [3.8, 4) is 17.6 Å². The van der Waals surface area contributed by atoms with E-state index in [1.165, 1.54) is 29.9 Å². The van der Waals surface area contributed by atoms with Crippen molar-refractivity contribution in [2.24, 2.45) is 11.1 Å². The molecule has 3 heterocycles. The van der Waals surface area contributed by atoms with E-state index in [9.17, 15) is 26.4 Å². The van der Waals surface area contributed by atoms with E-state index in [1.54, 1.807) is 18.2 Å². The topological polar surface area (TPSA) is 140 Å². The van der Waals surface area contributed by atoms with Gasteiger partial charge in [-0.3, -0.25) is 9.69 Å². The molecule has 2 aromatic carbocycles. The van der Waals surface area contributed by atoms with Gasteiger partial charge >= 0.3 is 6.18 Å². The molecule has 5 N–H and O–H groups in total. The molecule has 0 unspecified atom stereocenters. The van der Waals surface area contributed by atoms with Crippen LogP contribution in [-0.4, -0.2) is 88.6 Å². The molecule has 1 amide bonds. The van der Waals surface area contributed by atoms with E-state index >= 15 is 0 Å². The van der Waals surface area contributed by atoms with Crippen LogP contribution in [0.1, 0.15) is 44.2 Å². The Balaban J connectivity index is 1.13. The van der Waals surface area contributed by atoms with Gasteiger partial charge in [0.2, 0.25) is 5.91 Å². The second-order valence-electron chi connectivity index (χ2n) is 13.4. The molecule has 1 aromatic heterocycles. The molecule has 1 aliphatic carbocycles. The zero-order valence-corrected chi connectivity index (χ0v) is 28.8. The van der Waals surface area contributed by atoms with Crippen LogP contribution in [-0.2, 0) is 26.1 Å². The number of nitrogens with one attached hydrogen (secondary N) is 3. The van der Waals surface area contributed by atoms with E-state index in [0.717, 1.165) is 70.5 Å². The van der Waals surface area contributed by atoms with E-state index < -0.39 is 35.2 Å². The number of amides is 1. The van der Waals surface area contributed by atoms with Gasteiger partial charge in [-0.1, -0.05) is 12.0 Å². The van der Waals surface area contributed by atoms with Crippen molar-refractivity contribution in [2.75, 3.05) is 57.1 Å². The molecule has 50 heavy (non-hydrogen) atoms. The van der Waals surface area contributed by atoms with Crippen LogP contribution in [0.4, 0.5) is 24.5 Å². The lowest BCUT2D eigenvalue weighted by Gasteiger charge is -2.56. The normalized spacial score (nSPS) is 20.8. The zero-order valence-electron chi connectivity index (χ0n) is 27.9. The zero-order chi connectivity index (χ0) is 35.5. The standard InChI is InChI=1S/C35H43F3N6O5S/c1-48-32-19-27(50(46,47)42-33(45)20-39)11-12-30(32)40-15-3-4-26-18-28-29(5-2-6-31(28)44(26)23-35(36,37)38)41-24-7-9-25(10-8-24)43-21-34(22-43)13-16-49-17-14-34/h2,5-6,11-12,18-19,24-25,40-41H,7-10,13-17,20-23,39H2,1H3,(H,42,45)/t24-,25+. The third-order valence-corrected chi connectivity index (χ3v) is 11.4. The van der Waals surface area contributed by atoms with Crippen LogP contribution in [0.2, 0.25) is 0 Å². The Hall–Kier alpha value is -3.97. The summed E-state index contributed by atoms with van der Waals surface area (Å²) in [6.45, 7) is 2.40. The van der Waals surface area contributed by atoms with Crippen molar-refractivity contribution < 1.29 is 35.9 Å². The lowest BCUT2D eigenvalue weighted by molar-refractivity contribution is -0.140. The minimum Gasteiger partial charge on any atom is -0.495 e. The summed E-state index contributed by atoms with van der Waals surface area (Å²) >= 11 is 0. The molecule has 3 aliphatic rings. The number of nitrogens with two attached hydrogens (primary N) is 1. The fraction of sp³-hybridized carbons (Fsp3) is 0.514. The smallest absolute Gasteiger partial charge is 0.406 e. The number of alkyl halides is 3. The lowest BCUT2D eigenvalue weighted by atomic mass is 9.71. The first kappa shape index (κ1) is 35.8. The molecule has 2 saturated heterocycles. The molecular formula is C35H43F3N6O5S. The van der Waals surface area contributed by atoms with Gasteiger partial charge in [0.05, 0.1) is 42.0 Å². The quantitative estimate of drug-likeness (QED) is 0.227. The molecule has 1 saturated carbocycles. The van der Waals surface area contributed by atoms with Crippen LogP contribution in [0.25, 0.3) is 10.9 Å². The monoisotopic (exact) mass is 716 g/mol. The first-order valence-corrected chi connectivity index (χ1v) is 18.3.